The first-order valence-electron chi connectivity index (χ1n) is 10.4. The molecule has 172 valence electrons. The predicted molar refractivity (Wildman–Crippen MR) is 132 cm³/mol. The van der Waals surface area contributed by atoms with Crippen molar-refractivity contribution in [1.82, 2.24) is 10.2 Å². The van der Waals surface area contributed by atoms with Crippen LogP contribution in [0, 0.1) is 0 Å². The normalized spacial score (nSPS) is 20.0. The average molecular weight is 475 g/mol. The van der Waals surface area contributed by atoms with Crippen LogP contribution < -0.4 is 5.32 Å². The summed E-state index contributed by atoms with van der Waals surface area (Å²) in [6.07, 6.45) is 1.74. The molecule has 8 heteroatoms. The lowest BCUT2D eigenvalue weighted by atomic mass is 10.0. The molecule has 2 heterocycles. The molecule has 2 aromatic carbocycles. The van der Waals surface area contributed by atoms with Crippen molar-refractivity contribution < 1.29 is 19.1 Å². The van der Waals surface area contributed by atoms with Gasteiger partial charge in [0.25, 0.3) is 0 Å². The fourth-order valence-electron chi connectivity index (χ4n) is 4.26. The van der Waals surface area contributed by atoms with E-state index in [9.17, 15) is 14.4 Å². The number of hydrogen-bond acceptors (Lipinski definition) is 4. The number of amides is 2. The van der Waals surface area contributed by atoms with E-state index in [0.717, 1.165) is 11.1 Å². The second kappa shape index (κ2) is 12.1. The van der Waals surface area contributed by atoms with Crippen LogP contribution >= 0.6 is 27.0 Å². The molecule has 2 amide bonds. The van der Waals surface area contributed by atoms with Crippen molar-refractivity contribution in [3.63, 3.8) is 0 Å². The molecule has 4 rings (SSSR count). The number of carbonyl (C=O) groups is 3. The minimum absolute atomic E-state index is 0. The van der Waals surface area contributed by atoms with Gasteiger partial charge in [0, 0.05) is 19.4 Å². The lowest BCUT2D eigenvalue weighted by Crippen LogP contribution is -2.53. The fraction of sp³-hybridized carbons (Fsp3) is 0.375. The van der Waals surface area contributed by atoms with E-state index in [1.54, 1.807) is 4.90 Å². The number of rotatable bonds is 7. The molecule has 2 fully saturated rings. The summed E-state index contributed by atoms with van der Waals surface area (Å²) in [5, 5.41) is 2.92. The topological polar surface area (TPSA) is 75.7 Å². The molecule has 2 aliphatic heterocycles. The third-order valence-corrected chi connectivity index (χ3v) is 5.79. The number of ether oxygens (including phenoxy) is 1. The largest absolute Gasteiger partial charge is 0.368 e. The third-order valence-electron chi connectivity index (χ3n) is 5.79. The highest BCUT2D eigenvalue weighted by molar-refractivity contribution is 7.59. The molecule has 3 atom stereocenters. The van der Waals surface area contributed by atoms with Gasteiger partial charge in [-0.15, -0.1) is 0 Å². The number of nitrogens with one attached hydrogen (secondary N) is 1. The Hall–Kier alpha value is -2.29. The lowest BCUT2D eigenvalue weighted by molar-refractivity contribution is -0.139. The highest BCUT2D eigenvalue weighted by atomic mass is 32.1. The van der Waals surface area contributed by atoms with Crippen LogP contribution in [0.2, 0.25) is 0 Å². The van der Waals surface area contributed by atoms with E-state index >= 15 is 0 Å². The quantitative estimate of drug-likeness (QED) is 0.667. The zero-order valence-corrected chi connectivity index (χ0v) is 19.8. The van der Waals surface area contributed by atoms with Gasteiger partial charge < -0.3 is 15.0 Å². The molecule has 0 bridgehead atoms. The molecule has 6 nitrogen and oxygen atoms in total. The fourth-order valence-corrected chi connectivity index (χ4v) is 4.26. The minimum Gasteiger partial charge on any atom is -0.368 e. The summed E-state index contributed by atoms with van der Waals surface area (Å²) in [5.41, 5.74) is 2.04. The number of benzene rings is 2. The first kappa shape index (κ1) is 26.0. The Labute approximate surface area is 202 Å². The number of carbonyl (C=O) groups excluding carboxylic acids is 3. The molecular weight excluding hydrogens is 444 g/mol. The van der Waals surface area contributed by atoms with Gasteiger partial charge in [-0.3, -0.25) is 14.4 Å². The van der Waals surface area contributed by atoms with Crippen LogP contribution in [0.15, 0.2) is 60.7 Å². The minimum atomic E-state index is -0.706. The number of fused-ring (bicyclic) bond motifs is 1. The Morgan fingerprint density at radius 2 is 1.62 bits per heavy atom. The summed E-state index contributed by atoms with van der Waals surface area (Å²) < 4.78 is 5.51. The summed E-state index contributed by atoms with van der Waals surface area (Å²) in [6.45, 7) is 0.539. The summed E-state index contributed by atoms with van der Waals surface area (Å²) >= 11 is 0. The Bertz CT molecular complexity index is 911. The molecule has 0 radical (unpaired) electrons. The monoisotopic (exact) mass is 474 g/mol. The van der Waals surface area contributed by atoms with E-state index in [-0.39, 0.29) is 57.3 Å². The first-order valence-corrected chi connectivity index (χ1v) is 10.4. The lowest BCUT2D eigenvalue weighted by Gasteiger charge is -2.27. The van der Waals surface area contributed by atoms with Crippen LogP contribution in [-0.2, 0) is 32.0 Å². The Kier molecular flexibility index (Phi) is 9.81. The van der Waals surface area contributed by atoms with Gasteiger partial charge in [0.2, 0.25) is 11.8 Å². The molecule has 2 saturated heterocycles. The van der Waals surface area contributed by atoms with Crippen LogP contribution in [0.1, 0.15) is 24.0 Å². The van der Waals surface area contributed by atoms with E-state index in [1.807, 2.05) is 60.7 Å². The standard InChI is InChI=1S/C24H26N2O4.2H2S/c27-20-16-30-21-13-14-26(23(20)21)24(29)19(15-18-9-5-2-6-10-18)25-22(28)12-11-17-7-3-1-4-8-17;;/h1-10,19,21,23H,11-16H2,(H,25,28);2*1H2/t19-,21+,23+;;/m0../s1. The highest BCUT2D eigenvalue weighted by Gasteiger charge is 2.47. The van der Waals surface area contributed by atoms with Gasteiger partial charge in [-0.2, -0.15) is 27.0 Å². The molecular formula is C24H30N2O4S2. The Morgan fingerprint density at radius 1 is 1.00 bits per heavy atom. The van der Waals surface area contributed by atoms with E-state index in [2.05, 4.69) is 5.32 Å². The number of hydrogen-bond donors (Lipinski definition) is 1. The molecule has 0 saturated carbocycles. The third kappa shape index (κ3) is 6.15. The predicted octanol–water partition coefficient (Wildman–Crippen LogP) is 2.14. The summed E-state index contributed by atoms with van der Waals surface area (Å²) in [4.78, 5) is 39.8. The van der Waals surface area contributed by atoms with Crippen molar-refractivity contribution in [2.75, 3.05) is 13.2 Å². The Balaban J connectivity index is 0.00000181. The van der Waals surface area contributed by atoms with Crippen molar-refractivity contribution in [2.24, 2.45) is 0 Å². The van der Waals surface area contributed by atoms with Gasteiger partial charge in [0.05, 0.1) is 6.10 Å². The molecule has 0 unspecified atom stereocenters. The molecule has 2 aliphatic rings. The van der Waals surface area contributed by atoms with Gasteiger partial charge in [-0.1, -0.05) is 60.7 Å². The number of Topliss-reactive ketones (excluding diaryl/α,β-unsaturated/α-hetero) is 1. The zero-order chi connectivity index (χ0) is 20.9. The van der Waals surface area contributed by atoms with Crippen molar-refractivity contribution in [1.29, 1.82) is 0 Å². The number of ketones is 1. The second-order valence-corrected chi connectivity index (χ2v) is 7.88. The van der Waals surface area contributed by atoms with Crippen LogP contribution in [0.25, 0.3) is 0 Å². The number of likely N-dealkylation sites (tertiary alicyclic amines) is 1. The maximum absolute atomic E-state index is 13.4. The van der Waals surface area contributed by atoms with Crippen LogP contribution in [0.5, 0.6) is 0 Å². The molecule has 0 aromatic heterocycles. The van der Waals surface area contributed by atoms with E-state index < -0.39 is 12.1 Å². The maximum Gasteiger partial charge on any atom is 0.246 e. The summed E-state index contributed by atoms with van der Waals surface area (Å²) in [5.74, 6) is -0.434. The average Bonchev–Trinajstić information content (AvgIpc) is 3.36. The number of nitrogens with zero attached hydrogens (tertiary/aromatic N) is 1. The molecule has 2 aromatic rings. The number of aryl methyl sites for hydroxylation is 1. The van der Waals surface area contributed by atoms with Crippen LogP contribution in [0.3, 0.4) is 0 Å². The smallest absolute Gasteiger partial charge is 0.246 e. The van der Waals surface area contributed by atoms with E-state index in [0.29, 0.717) is 32.2 Å². The summed E-state index contributed by atoms with van der Waals surface area (Å²) in [7, 11) is 0. The van der Waals surface area contributed by atoms with Crippen molar-refractivity contribution in [2.45, 2.75) is 43.9 Å². The molecule has 32 heavy (non-hydrogen) atoms. The van der Waals surface area contributed by atoms with Crippen molar-refractivity contribution >= 4 is 44.6 Å². The second-order valence-electron chi connectivity index (χ2n) is 7.88. The maximum atomic E-state index is 13.4. The van der Waals surface area contributed by atoms with Gasteiger partial charge >= 0.3 is 0 Å². The molecule has 1 N–H and O–H groups in total. The van der Waals surface area contributed by atoms with E-state index in [4.69, 9.17) is 4.74 Å². The summed E-state index contributed by atoms with van der Waals surface area (Å²) in [6, 6.07) is 18.2. The van der Waals surface area contributed by atoms with Crippen molar-refractivity contribution in [3.05, 3.63) is 71.8 Å². The van der Waals surface area contributed by atoms with Gasteiger partial charge in [0.1, 0.15) is 18.7 Å². The Morgan fingerprint density at radius 3 is 2.28 bits per heavy atom. The molecule has 0 aliphatic carbocycles. The van der Waals surface area contributed by atoms with Gasteiger partial charge in [-0.25, -0.2) is 0 Å². The van der Waals surface area contributed by atoms with E-state index in [1.165, 1.54) is 0 Å². The highest BCUT2D eigenvalue weighted by Crippen LogP contribution is 2.27. The van der Waals surface area contributed by atoms with Gasteiger partial charge in [-0.05, 0) is 24.0 Å². The van der Waals surface area contributed by atoms with Crippen LogP contribution in [-0.4, -0.2) is 53.8 Å². The molecule has 0 spiro atoms. The van der Waals surface area contributed by atoms with Gasteiger partial charge in [0.15, 0.2) is 5.78 Å². The zero-order valence-electron chi connectivity index (χ0n) is 17.8. The van der Waals surface area contributed by atoms with Crippen molar-refractivity contribution in [3.8, 4) is 0 Å². The SMILES string of the molecule is O=C(CCc1ccccc1)N[C@@H](Cc1ccccc1)C(=O)N1CC[C@H]2OCC(=O)[C@H]21.S.S. The first-order chi connectivity index (χ1) is 14.6. The van der Waals surface area contributed by atoms with Crippen LogP contribution in [0.4, 0.5) is 0 Å².